The lowest BCUT2D eigenvalue weighted by atomic mass is 10.2. The van der Waals surface area contributed by atoms with Crippen molar-refractivity contribution in [3.8, 4) is 5.75 Å². The fraction of sp³-hybridized carbons (Fsp3) is 0.533. The van der Waals surface area contributed by atoms with Gasteiger partial charge in [0.1, 0.15) is 5.75 Å². The molecular weight excluding hydrogens is 256 g/mol. The number of hydrogen-bond donors (Lipinski definition) is 1. The van der Waals surface area contributed by atoms with E-state index in [2.05, 4.69) is 0 Å². The molecule has 0 heterocycles. The summed E-state index contributed by atoms with van der Waals surface area (Å²) in [6.45, 7) is 4.85. The fourth-order valence-corrected chi connectivity index (χ4v) is 1.84. The van der Waals surface area contributed by atoms with Crippen LogP contribution in [0.25, 0.3) is 0 Å². The number of amides is 1. The molecule has 2 N–H and O–H groups in total. The van der Waals surface area contributed by atoms with E-state index in [4.69, 9.17) is 15.2 Å². The van der Waals surface area contributed by atoms with Crippen LogP contribution in [-0.4, -0.2) is 50.8 Å². The van der Waals surface area contributed by atoms with Crippen molar-refractivity contribution in [3.63, 3.8) is 0 Å². The number of nitrogens with zero attached hydrogens (tertiary/aromatic N) is 1. The van der Waals surface area contributed by atoms with Crippen LogP contribution < -0.4 is 10.5 Å². The first kappa shape index (κ1) is 16.5. The van der Waals surface area contributed by atoms with Crippen LogP contribution in [-0.2, 0) is 4.74 Å². The van der Waals surface area contributed by atoms with Crippen molar-refractivity contribution >= 4 is 5.91 Å². The minimum atomic E-state index is -0.00134. The van der Waals surface area contributed by atoms with Crippen LogP contribution in [0, 0.1) is 0 Å². The van der Waals surface area contributed by atoms with E-state index in [1.165, 1.54) is 0 Å². The zero-order valence-electron chi connectivity index (χ0n) is 12.3. The lowest BCUT2D eigenvalue weighted by molar-refractivity contribution is 0.0694. The van der Waals surface area contributed by atoms with Crippen LogP contribution in [0.2, 0.25) is 0 Å². The molecule has 1 aromatic rings. The lowest BCUT2D eigenvalue weighted by Gasteiger charge is -2.22. The second-order valence-corrected chi connectivity index (χ2v) is 4.38. The van der Waals surface area contributed by atoms with E-state index in [-0.39, 0.29) is 5.91 Å². The van der Waals surface area contributed by atoms with Gasteiger partial charge in [0.05, 0.1) is 13.2 Å². The maximum atomic E-state index is 12.4. The number of methoxy groups -OCH3 is 1. The highest BCUT2D eigenvalue weighted by atomic mass is 16.5. The highest BCUT2D eigenvalue weighted by Gasteiger charge is 2.15. The van der Waals surface area contributed by atoms with Crippen molar-refractivity contribution in [1.29, 1.82) is 0 Å². The average molecular weight is 280 g/mol. The van der Waals surface area contributed by atoms with Crippen molar-refractivity contribution < 1.29 is 14.3 Å². The molecule has 112 valence electrons. The molecule has 0 spiro atoms. The van der Waals surface area contributed by atoms with Crippen LogP contribution in [0.1, 0.15) is 23.7 Å². The van der Waals surface area contributed by atoms with E-state index in [0.717, 1.165) is 12.2 Å². The highest BCUT2D eigenvalue weighted by Crippen LogP contribution is 2.14. The highest BCUT2D eigenvalue weighted by molar-refractivity contribution is 5.94. The van der Waals surface area contributed by atoms with Crippen molar-refractivity contribution in [1.82, 2.24) is 4.90 Å². The normalized spacial score (nSPS) is 10.3. The largest absolute Gasteiger partial charge is 0.494 e. The molecule has 0 radical (unpaired) electrons. The summed E-state index contributed by atoms with van der Waals surface area (Å²) in [7, 11) is 1.63. The van der Waals surface area contributed by atoms with Gasteiger partial charge in [-0.05, 0) is 44.2 Å². The molecule has 1 amide bonds. The summed E-state index contributed by atoms with van der Waals surface area (Å²) in [5.41, 5.74) is 6.17. The van der Waals surface area contributed by atoms with Crippen molar-refractivity contribution in [2.75, 3.05) is 40.0 Å². The van der Waals surface area contributed by atoms with Gasteiger partial charge in [-0.1, -0.05) is 0 Å². The first-order valence-electron chi connectivity index (χ1n) is 6.94. The number of rotatable bonds is 9. The van der Waals surface area contributed by atoms with Gasteiger partial charge in [-0.2, -0.15) is 0 Å². The minimum Gasteiger partial charge on any atom is -0.494 e. The Balaban J connectivity index is 2.71. The topological polar surface area (TPSA) is 64.8 Å². The summed E-state index contributed by atoms with van der Waals surface area (Å²) < 4.78 is 10.4. The zero-order chi connectivity index (χ0) is 14.8. The Kier molecular flexibility index (Phi) is 7.69. The maximum absolute atomic E-state index is 12.4. The van der Waals surface area contributed by atoms with Gasteiger partial charge in [0.25, 0.3) is 5.91 Å². The van der Waals surface area contributed by atoms with E-state index in [9.17, 15) is 4.79 Å². The Hall–Kier alpha value is -1.59. The maximum Gasteiger partial charge on any atom is 0.253 e. The molecule has 0 aromatic heterocycles. The SMILES string of the molecule is CCOc1ccc(C(=O)N(CCCN)CCOC)cc1. The van der Waals surface area contributed by atoms with Crippen LogP contribution >= 0.6 is 0 Å². The zero-order valence-corrected chi connectivity index (χ0v) is 12.3. The van der Waals surface area contributed by atoms with E-state index >= 15 is 0 Å². The number of carbonyl (C=O) groups excluding carboxylic acids is 1. The Labute approximate surface area is 120 Å². The van der Waals surface area contributed by atoms with E-state index in [0.29, 0.717) is 38.4 Å². The molecule has 0 bridgehead atoms. The summed E-state index contributed by atoms with van der Waals surface area (Å²) in [5, 5.41) is 0. The molecule has 0 unspecified atom stereocenters. The third-order valence-electron chi connectivity index (χ3n) is 2.90. The van der Waals surface area contributed by atoms with Gasteiger partial charge >= 0.3 is 0 Å². The third-order valence-corrected chi connectivity index (χ3v) is 2.90. The smallest absolute Gasteiger partial charge is 0.253 e. The number of nitrogens with two attached hydrogens (primary N) is 1. The summed E-state index contributed by atoms with van der Waals surface area (Å²) in [5.74, 6) is 0.771. The summed E-state index contributed by atoms with van der Waals surface area (Å²) >= 11 is 0. The molecule has 1 rings (SSSR count). The van der Waals surface area contributed by atoms with Gasteiger partial charge in [0.15, 0.2) is 0 Å². The van der Waals surface area contributed by atoms with Crippen LogP contribution in [0.3, 0.4) is 0 Å². The molecule has 5 nitrogen and oxygen atoms in total. The van der Waals surface area contributed by atoms with Gasteiger partial charge < -0.3 is 20.1 Å². The minimum absolute atomic E-state index is 0.00134. The fourth-order valence-electron chi connectivity index (χ4n) is 1.84. The molecule has 0 atom stereocenters. The summed E-state index contributed by atoms with van der Waals surface area (Å²) in [6.07, 6.45) is 0.784. The second kappa shape index (κ2) is 9.34. The number of carbonyl (C=O) groups is 1. The second-order valence-electron chi connectivity index (χ2n) is 4.38. The van der Waals surface area contributed by atoms with Gasteiger partial charge in [-0.15, -0.1) is 0 Å². The Morgan fingerprint density at radius 2 is 1.95 bits per heavy atom. The Morgan fingerprint density at radius 3 is 2.50 bits per heavy atom. The van der Waals surface area contributed by atoms with Gasteiger partial charge in [-0.25, -0.2) is 0 Å². The first-order valence-corrected chi connectivity index (χ1v) is 6.94. The predicted octanol–water partition coefficient (Wildman–Crippen LogP) is 1.52. The molecule has 0 saturated carbocycles. The van der Waals surface area contributed by atoms with Gasteiger partial charge in [0.2, 0.25) is 0 Å². The summed E-state index contributed by atoms with van der Waals surface area (Å²) in [4.78, 5) is 14.2. The van der Waals surface area contributed by atoms with Crippen molar-refractivity contribution in [2.45, 2.75) is 13.3 Å². The number of hydrogen-bond acceptors (Lipinski definition) is 4. The quantitative estimate of drug-likeness (QED) is 0.745. The monoisotopic (exact) mass is 280 g/mol. The van der Waals surface area contributed by atoms with Gasteiger partial charge in [-0.3, -0.25) is 4.79 Å². The van der Waals surface area contributed by atoms with Gasteiger partial charge in [0, 0.05) is 25.8 Å². The summed E-state index contributed by atoms with van der Waals surface area (Å²) in [6, 6.07) is 7.20. The molecule has 1 aromatic carbocycles. The predicted molar refractivity (Wildman–Crippen MR) is 79.1 cm³/mol. The molecule has 0 aliphatic carbocycles. The molecule has 0 aliphatic rings. The van der Waals surface area contributed by atoms with Crippen LogP contribution in [0.15, 0.2) is 24.3 Å². The van der Waals surface area contributed by atoms with Crippen molar-refractivity contribution in [2.24, 2.45) is 5.73 Å². The standard InChI is InChI=1S/C15H24N2O3/c1-3-20-14-7-5-13(6-8-14)15(18)17(10-4-9-16)11-12-19-2/h5-8H,3-4,9-12,16H2,1-2H3. The van der Waals surface area contributed by atoms with Crippen LogP contribution in [0.4, 0.5) is 0 Å². The molecule has 0 saturated heterocycles. The molecule has 0 aliphatic heterocycles. The molecule has 0 fully saturated rings. The van der Waals surface area contributed by atoms with E-state index < -0.39 is 0 Å². The molecule has 5 heteroatoms. The lowest BCUT2D eigenvalue weighted by Crippen LogP contribution is -2.35. The van der Waals surface area contributed by atoms with Crippen molar-refractivity contribution in [3.05, 3.63) is 29.8 Å². The average Bonchev–Trinajstić information content (AvgIpc) is 2.48. The van der Waals surface area contributed by atoms with Crippen LogP contribution in [0.5, 0.6) is 5.75 Å². The Morgan fingerprint density at radius 1 is 1.25 bits per heavy atom. The number of ether oxygens (including phenoxy) is 2. The Bertz CT molecular complexity index is 385. The first-order chi connectivity index (χ1) is 9.72. The van der Waals surface area contributed by atoms with E-state index in [1.54, 1.807) is 24.1 Å². The van der Waals surface area contributed by atoms with E-state index in [1.807, 2.05) is 19.1 Å². The third kappa shape index (κ3) is 5.19. The molecular formula is C15H24N2O3. The molecule has 20 heavy (non-hydrogen) atoms. The number of benzene rings is 1.